The number of rotatable bonds is 6. The van der Waals surface area contributed by atoms with Crippen LogP contribution in [0, 0.1) is 0 Å². The first-order valence-corrected chi connectivity index (χ1v) is 9.32. The molecule has 0 spiro atoms. The van der Waals surface area contributed by atoms with Crippen molar-refractivity contribution in [3.05, 3.63) is 41.1 Å². The summed E-state index contributed by atoms with van der Waals surface area (Å²) in [5, 5.41) is 1.94. The van der Waals surface area contributed by atoms with Crippen molar-refractivity contribution < 1.29 is 22.1 Å². The molecule has 0 aliphatic carbocycles. The summed E-state index contributed by atoms with van der Waals surface area (Å²) in [6.07, 6.45) is 5.76. The summed E-state index contributed by atoms with van der Waals surface area (Å²) in [6, 6.07) is 3.85. The molecule has 0 radical (unpaired) electrons. The van der Waals surface area contributed by atoms with Crippen LogP contribution < -0.4 is 0 Å². The molecule has 1 aliphatic heterocycles. The number of hydrogen-bond acceptors (Lipinski definition) is 7. The average Bonchev–Trinajstić information content (AvgIpc) is 3.18. The molecule has 9 heteroatoms. The lowest BCUT2D eigenvalue weighted by Crippen LogP contribution is -2.33. The standard InChI is InChI=1S/C13H16N2O5S2/c1-22(16,17)19-8-11-7-18-13(20-11,12-3-2-6-21-12)9-15-5-4-14-10-15/h2-6,10-11H,7-9H2,1H3/t11-,13-/m0/s1. The van der Waals surface area contributed by atoms with Crippen LogP contribution in [0.15, 0.2) is 36.2 Å². The Kier molecular flexibility index (Phi) is 4.33. The third kappa shape index (κ3) is 3.55. The van der Waals surface area contributed by atoms with E-state index < -0.39 is 22.0 Å². The number of hydrogen-bond donors (Lipinski definition) is 0. The molecule has 22 heavy (non-hydrogen) atoms. The lowest BCUT2D eigenvalue weighted by atomic mass is 10.2. The molecule has 0 bridgehead atoms. The maximum absolute atomic E-state index is 11.1. The number of nitrogens with zero attached hydrogens (tertiary/aromatic N) is 2. The van der Waals surface area contributed by atoms with Gasteiger partial charge in [-0.05, 0) is 11.4 Å². The summed E-state index contributed by atoms with van der Waals surface area (Å²) in [5.74, 6) is -0.944. The van der Waals surface area contributed by atoms with Crippen LogP contribution in [0.5, 0.6) is 0 Å². The number of aromatic nitrogens is 2. The summed E-state index contributed by atoms with van der Waals surface area (Å²) in [4.78, 5) is 4.94. The fourth-order valence-electron chi connectivity index (χ4n) is 2.25. The quantitative estimate of drug-likeness (QED) is 0.733. The van der Waals surface area contributed by atoms with Crippen LogP contribution in [0.4, 0.5) is 0 Å². The van der Waals surface area contributed by atoms with E-state index in [1.807, 2.05) is 28.3 Å². The van der Waals surface area contributed by atoms with Crippen LogP contribution in [0.2, 0.25) is 0 Å². The van der Waals surface area contributed by atoms with Crippen molar-refractivity contribution in [2.45, 2.75) is 18.4 Å². The molecule has 1 saturated heterocycles. The smallest absolute Gasteiger partial charge is 0.264 e. The summed E-state index contributed by atoms with van der Waals surface area (Å²) in [5.41, 5.74) is 0. The number of thiophene rings is 1. The van der Waals surface area contributed by atoms with Crippen LogP contribution in [-0.4, -0.2) is 43.5 Å². The SMILES string of the molecule is CS(=O)(=O)OC[C@@H]1CO[C@](Cn2ccnc2)(c2cccs2)O1. The molecule has 1 aliphatic rings. The van der Waals surface area contributed by atoms with Crippen molar-refractivity contribution in [3.63, 3.8) is 0 Å². The van der Waals surface area contributed by atoms with Crippen LogP contribution in [0.3, 0.4) is 0 Å². The monoisotopic (exact) mass is 344 g/mol. The highest BCUT2D eigenvalue weighted by Gasteiger charge is 2.44. The van der Waals surface area contributed by atoms with Gasteiger partial charge in [0.1, 0.15) is 6.10 Å². The molecule has 0 amide bonds. The van der Waals surface area contributed by atoms with Crippen LogP contribution in [-0.2, 0) is 36.1 Å². The van der Waals surface area contributed by atoms with Crippen LogP contribution >= 0.6 is 11.3 Å². The third-order valence-corrected chi connectivity index (χ3v) is 4.73. The van der Waals surface area contributed by atoms with E-state index in [0.29, 0.717) is 6.54 Å². The molecule has 3 rings (SSSR count). The van der Waals surface area contributed by atoms with Gasteiger partial charge in [-0.2, -0.15) is 8.42 Å². The van der Waals surface area contributed by atoms with Crippen molar-refractivity contribution in [1.82, 2.24) is 9.55 Å². The lowest BCUT2D eigenvalue weighted by Gasteiger charge is -2.27. The van der Waals surface area contributed by atoms with E-state index in [1.165, 1.54) is 11.3 Å². The molecular formula is C13H16N2O5S2. The summed E-state index contributed by atoms with van der Waals surface area (Å²) < 4.78 is 40.8. The van der Waals surface area contributed by atoms with Gasteiger partial charge in [0.15, 0.2) is 0 Å². The zero-order chi connectivity index (χ0) is 15.6. The van der Waals surface area contributed by atoms with E-state index in [9.17, 15) is 8.42 Å². The molecule has 0 N–H and O–H groups in total. The normalized spacial score (nSPS) is 25.6. The Labute approximate surface area is 132 Å². The van der Waals surface area contributed by atoms with E-state index in [4.69, 9.17) is 13.7 Å². The predicted molar refractivity (Wildman–Crippen MR) is 79.8 cm³/mol. The first-order chi connectivity index (χ1) is 10.5. The van der Waals surface area contributed by atoms with Gasteiger partial charge in [-0.1, -0.05) is 6.07 Å². The molecule has 0 saturated carbocycles. The molecule has 3 heterocycles. The van der Waals surface area contributed by atoms with E-state index in [1.54, 1.807) is 12.5 Å². The molecule has 2 aromatic rings. The highest BCUT2D eigenvalue weighted by Crippen LogP contribution is 2.38. The Morgan fingerprint density at radius 1 is 1.59 bits per heavy atom. The van der Waals surface area contributed by atoms with Gasteiger partial charge in [-0.25, -0.2) is 4.98 Å². The topological polar surface area (TPSA) is 79.7 Å². The average molecular weight is 344 g/mol. The van der Waals surface area contributed by atoms with Gasteiger partial charge in [0.05, 0.1) is 37.2 Å². The van der Waals surface area contributed by atoms with Gasteiger partial charge in [-0.15, -0.1) is 11.3 Å². The zero-order valence-corrected chi connectivity index (χ0v) is 13.5. The Morgan fingerprint density at radius 3 is 3.09 bits per heavy atom. The van der Waals surface area contributed by atoms with E-state index in [0.717, 1.165) is 11.1 Å². The molecule has 2 aromatic heterocycles. The molecular weight excluding hydrogens is 328 g/mol. The summed E-state index contributed by atoms with van der Waals surface area (Å²) in [6.45, 7) is 0.640. The fourth-order valence-corrected chi connectivity index (χ4v) is 3.46. The Bertz CT molecular complexity index is 699. The van der Waals surface area contributed by atoms with Gasteiger partial charge in [-0.3, -0.25) is 4.18 Å². The minimum absolute atomic E-state index is 0.0596. The molecule has 2 atom stereocenters. The predicted octanol–water partition coefficient (Wildman–Crippen LogP) is 1.19. The molecule has 1 fully saturated rings. The summed E-state index contributed by atoms with van der Waals surface area (Å²) >= 11 is 1.52. The first-order valence-electron chi connectivity index (χ1n) is 6.63. The fraction of sp³-hybridized carbons (Fsp3) is 0.462. The molecule has 0 unspecified atom stereocenters. The maximum atomic E-state index is 11.1. The third-order valence-electron chi connectivity index (χ3n) is 3.17. The van der Waals surface area contributed by atoms with E-state index in [-0.39, 0.29) is 13.2 Å². The van der Waals surface area contributed by atoms with Crippen molar-refractivity contribution in [2.75, 3.05) is 19.5 Å². The summed E-state index contributed by atoms with van der Waals surface area (Å²) in [7, 11) is -3.50. The Hall–Kier alpha value is -1.26. The van der Waals surface area contributed by atoms with Gasteiger partial charge in [0.2, 0.25) is 5.79 Å². The zero-order valence-electron chi connectivity index (χ0n) is 11.9. The number of imidazole rings is 1. The molecule has 0 aromatic carbocycles. The second-order valence-corrected chi connectivity index (χ2v) is 7.60. The lowest BCUT2D eigenvalue weighted by molar-refractivity contribution is -0.186. The van der Waals surface area contributed by atoms with E-state index in [2.05, 4.69) is 4.98 Å². The van der Waals surface area contributed by atoms with Gasteiger partial charge < -0.3 is 14.0 Å². The Balaban J connectivity index is 1.77. The van der Waals surface area contributed by atoms with Crippen LogP contribution in [0.1, 0.15) is 4.88 Å². The van der Waals surface area contributed by atoms with Gasteiger partial charge in [0.25, 0.3) is 10.1 Å². The van der Waals surface area contributed by atoms with Crippen molar-refractivity contribution >= 4 is 21.5 Å². The molecule has 7 nitrogen and oxygen atoms in total. The first kappa shape index (κ1) is 15.6. The number of ether oxygens (including phenoxy) is 2. The van der Waals surface area contributed by atoms with Crippen molar-refractivity contribution in [2.24, 2.45) is 0 Å². The minimum atomic E-state index is -3.50. The highest BCUT2D eigenvalue weighted by atomic mass is 32.2. The van der Waals surface area contributed by atoms with Gasteiger partial charge in [0, 0.05) is 12.4 Å². The van der Waals surface area contributed by atoms with Gasteiger partial charge >= 0.3 is 0 Å². The Morgan fingerprint density at radius 2 is 2.45 bits per heavy atom. The maximum Gasteiger partial charge on any atom is 0.264 e. The van der Waals surface area contributed by atoms with Crippen molar-refractivity contribution in [3.8, 4) is 0 Å². The minimum Gasteiger partial charge on any atom is -0.341 e. The second kappa shape index (κ2) is 6.09. The second-order valence-electron chi connectivity index (χ2n) is 5.00. The largest absolute Gasteiger partial charge is 0.341 e. The van der Waals surface area contributed by atoms with Crippen LogP contribution in [0.25, 0.3) is 0 Å². The van der Waals surface area contributed by atoms with E-state index >= 15 is 0 Å². The molecule has 120 valence electrons. The highest BCUT2D eigenvalue weighted by molar-refractivity contribution is 7.85. The van der Waals surface area contributed by atoms with Crippen molar-refractivity contribution in [1.29, 1.82) is 0 Å².